The maximum atomic E-state index is 11.9. The Morgan fingerprint density at radius 1 is 1.55 bits per heavy atom. The Balaban J connectivity index is 2.08. The predicted molar refractivity (Wildman–Crippen MR) is 78.8 cm³/mol. The van der Waals surface area contributed by atoms with Crippen LogP contribution < -0.4 is 11.1 Å². The van der Waals surface area contributed by atoms with Crippen molar-refractivity contribution >= 4 is 17.3 Å². The molecule has 0 aliphatic carbocycles. The zero-order valence-corrected chi connectivity index (χ0v) is 12.0. The first-order chi connectivity index (χ1) is 9.61. The van der Waals surface area contributed by atoms with Crippen LogP contribution in [0, 0.1) is 5.92 Å². The van der Waals surface area contributed by atoms with Crippen molar-refractivity contribution in [1.29, 1.82) is 0 Å². The minimum absolute atomic E-state index is 0.252. The molecule has 1 aromatic carbocycles. The van der Waals surface area contributed by atoms with Gasteiger partial charge in [0.05, 0.1) is 18.3 Å². The van der Waals surface area contributed by atoms with Crippen LogP contribution in [-0.4, -0.2) is 31.8 Å². The van der Waals surface area contributed by atoms with E-state index in [9.17, 15) is 4.79 Å². The van der Waals surface area contributed by atoms with Crippen LogP contribution in [0.2, 0.25) is 0 Å². The van der Waals surface area contributed by atoms with E-state index in [0.717, 1.165) is 25.3 Å². The molecule has 1 heterocycles. The lowest BCUT2D eigenvalue weighted by atomic mass is 10.0. The Labute approximate surface area is 119 Å². The zero-order chi connectivity index (χ0) is 14.5. The third kappa shape index (κ3) is 3.42. The fourth-order valence-electron chi connectivity index (χ4n) is 2.38. The number of anilines is 2. The largest absolute Gasteiger partial charge is 0.462 e. The number of hydrogen-bond acceptors (Lipinski definition) is 5. The molecule has 0 radical (unpaired) electrons. The van der Waals surface area contributed by atoms with Crippen LogP contribution in [0.1, 0.15) is 30.6 Å². The van der Waals surface area contributed by atoms with Crippen LogP contribution >= 0.6 is 0 Å². The maximum Gasteiger partial charge on any atom is 0.340 e. The number of nitrogen functional groups attached to an aromatic ring is 1. The predicted octanol–water partition coefficient (Wildman–Crippen LogP) is 2.28. The Hall–Kier alpha value is -1.75. The van der Waals surface area contributed by atoms with Crippen molar-refractivity contribution < 1.29 is 14.3 Å². The van der Waals surface area contributed by atoms with E-state index in [4.69, 9.17) is 15.2 Å². The molecule has 1 aromatic rings. The van der Waals surface area contributed by atoms with Crippen LogP contribution in [0.15, 0.2) is 18.2 Å². The monoisotopic (exact) mass is 278 g/mol. The second-order valence-corrected chi connectivity index (χ2v) is 5.03. The highest BCUT2D eigenvalue weighted by Crippen LogP contribution is 2.24. The van der Waals surface area contributed by atoms with Gasteiger partial charge in [0, 0.05) is 30.4 Å². The first-order valence-corrected chi connectivity index (χ1v) is 7.04. The molecule has 110 valence electrons. The maximum absolute atomic E-state index is 11.9. The number of nitrogens with one attached hydrogen (secondary N) is 1. The Kier molecular flexibility index (Phi) is 4.84. The average Bonchev–Trinajstić information content (AvgIpc) is 2.83. The van der Waals surface area contributed by atoms with Crippen molar-refractivity contribution in [3.8, 4) is 0 Å². The second-order valence-electron chi connectivity index (χ2n) is 5.03. The van der Waals surface area contributed by atoms with Gasteiger partial charge in [0.15, 0.2) is 0 Å². The highest BCUT2D eigenvalue weighted by atomic mass is 16.5. The lowest BCUT2D eigenvalue weighted by molar-refractivity contribution is 0.0527. The summed E-state index contributed by atoms with van der Waals surface area (Å²) in [7, 11) is 0. The van der Waals surface area contributed by atoms with Crippen molar-refractivity contribution in [1.82, 2.24) is 0 Å². The van der Waals surface area contributed by atoms with Crippen LogP contribution in [0.4, 0.5) is 11.4 Å². The molecule has 2 unspecified atom stereocenters. The van der Waals surface area contributed by atoms with Crippen molar-refractivity contribution in [3.05, 3.63) is 23.8 Å². The Bertz CT molecular complexity index is 476. The van der Waals surface area contributed by atoms with Gasteiger partial charge < -0.3 is 20.5 Å². The van der Waals surface area contributed by atoms with Gasteiger partial charge in [0.2, 0.25) is 0 Å². The highest BCUT2D eigenvalue weighted by Gasteiger charge is 2.24. The third-order valence-corrected chi connectivity index (χ3v) is 3.63. The van der Waals surface area contributed by atoms with Gasteiger partial charge in [-0.2, -0.15) is 0 Å². The van der Waals surface area contributed by atoms with Crippen molar-refractivity contribution in [2.24, 2.45) is 5.92 Å². The normalized spacial score (nSPS) is 21.7. The van der Waals surface area contributed by atoms with Crippen molar-refractivity contribution in [2.75, 3.05) is 30.8 Å². The lowest BCUT2D eigenvalue weighted by Crippen LogP contribution is -2.22. The van der Waals surface area contributed by atoms with Gasteiger partial charge in [0.25, 0.3) is 0 Å². The fourth-order valence-corrected chi connectivity index (χ4v) is 2.38. The first-order valence-electron chi connectivity index (χ1n) is 7.04. The summed E-state index contributed by atoms with van der Waals surface area (Å²) in [5, 5.41) is 3.32. The summed E-state index contributed by atoms with van der Waals surface area (Å²) in [5.41, 5.74) is 7.54. The Morgan fingerprint density at radius 2 is 2.35 bits per heavy atom. The van der Waals surface area contributed by atoms with E-state index in [-0.39, 0.29) is 12.1 Å². The molecule has 20 heavy (non-hydrogen) atoms. The van der Waals surface area contributed by atoms with Gasteiger partial charge >= 0.3 is 5.97 Å². The topological polar surface area (TPSA) is 73.6 Å². The number of carbonyl (C=O) groups is 1. The van der Waals surface area contributed by atoms with E-state index >= 15 is 0 Å². The van der Waals surface area contributed by atoms with Crippen LogP contribution in [0.25, 0.3) is 0 Å². The van der Waals surface area contributed by atoms with Crippen molar-refractivity contribution in [2.45, 2.75) is 26.4 Å². The number of benzene rings is 1. The van der Waals surface area contributed by atoms with Crippen molar-refractivity contribution in [3.63, 3.8) is 0 Å². The molecule has 3 N–H and O–H groups in total. The summed E-state index contributed by atoms with van der Waals surface area (Å²) in [5.74, 6) is 0.112. The van der Waals surface area contributed by atoms with Gasteiger partial charge in [-0.05, 0) is 38.5 Å². The SMILES string of the molecule is CCOC(=O)c1cc(N)ccc1NCC1CCOC1C. The zero-order valence-electron chi connectivity index (χ0n) is 12.0. The van der Waals surface area contributed by atoms with Gasteiger partial charge in [-0.1, -0.05) is 0 Å². The molecule has 0 amide bonds. The minimum Gasteiger partial charge on any atom is -0.462 e. The Morgan fingerprint density at radius 3 is 3.00 bits per heavy atom. The third-order valence-electron chi connectivity index (χ3n) is 3.63. The van der Waals surface area contributed by atoms with Gasteiger partial charge in [-0.15, -0.1) is 0 Å². The molecule has 5 nitrogen and oxygen atoms in total. The van der Waals surface area contributed by atoms with Gasteiger partial charge in [-0.25, -0.2) is 4.79 Å². The summed E-state index contributed by atoms with van der Waals surface area (Å²) in [6.07, 6.45) is 1.29. The number of carbonyl (C=O) groups excluding carboxylic acids is 1. The van der Waals surface area contributed by atoms with E-state index < -0.39 is 0 Å². The smallest absolute Gasteiger partial charge is 0.340 e. The molecule has 1 fully saturated rings. The summed E-state index contributed by atoms with van der Waals surface area (Å²) >= 11 is 0. The standard InChI is InChI=1S/C15H22N2O3/c1-3-19-15(18)13-8-12(16)4-5-14(13)17-9-11-6-7-20-10(11)2/h4-5,8,10-11,17H,3,6-7,9,16H2,1-2H3. The molecule has 0 saturated carbocycles. The number of nitrogens with two attached hydrogens (primary N) is 1. The quantitative estimate of drug-likeness (QED) is 0.638. The molecule has 1 saturated heterocycles. The molecular formula is C15H22N2O3. The van der Waals surface area contributed by atoms with Crippen LogP contribution in [-0.2, 0) is 9.47 Å². The number of esters is 1. The first kappa shape index (κ1) is 14.7. The van der Waals surface area contributed by atoms with Gasteiger partial charge in [-0.3, -0.25) is 0 Å². The molecule has 0 bridgehead atoms. The second kappa shape index (κ2) is 6.61. The molecule has 1 aliphatic heterocycles. The molecule has 2 atom stereocenters. The van der Waals surface area contributed by atoms with Crippen LogP contribution in [0.5, 0.6) is 0 Å². The average molecular weight is 278 g/mol. The fraction of sp³-hybridized carbons (Fsp3) is 0.533. The molecule has 0 spiro atoms. The summed E-state index contributed by atoms with van der Waals surface area (Å²) in [6, 6.07) is 5.25. The minimum atomic E-state index is -0.349. The number of ether oxygens (including phenoxy) is 2. The molecular weight excluding hydrogens is 256 g/mol. The summed E-state index contributed by atoms with van der Waals surface area (Å²) < 4.78 is 10.6. The number of hydrogen-bond donors (Lipinski definition) is 2. The summed E-state index contributed by atoms with van der Waals surface area (Å²) in [6.45, 7) is 5.79. The highest BCUT2D eigenvalue weighted by molar-refractivity contribution is 5.96. The molecule has 0 aromatic heterocycles. The number of rotatable bonds is 5. The van der Waals surface area contributed by atoms with Crippen LogP contribution in [0.3, 0.4) is 0 Å². The van der Waals surface area contributed by atoms with E-state index in [2.05, 4.69) is 12.2 Å². The molecule has 5 heteroatoms. The summed E-state index contributed by atoms with van der Waals surface area (Å²) in [4.78, 5) is 11.9. The lowest BCUT2D eigenvalue weighted by Gasteiger charge is -2.17. The van der Waals surface area contributed by atoms with E-state index in [1.165, 1.54) is 0 Å². The van der Waals surface area contributed by atoms with E-state index in [1.807, 2.05) is 6.07 Å². The van der Waals surface area contributed by atoms with E-state index in [0.29, 0.717) is 23.8 Å². The molecule has 1 aliphatic rings. The van der Waals surface area contributed by atoms with E-state index in [1.54, 1.807) is 19.1 Å². The van der Waals surface area contributed by atoms with Gasteiger partial charge in [0.1, 0.15) is 0 Å². The molecule has 2 rings (SSSR count).